The fourth-order valence-corrected chi connectivity index (χ4v) is 12.6. The molecule has 3 N–H and O–H groups in total. The maximum atomic E-state index is 12.3. The van der Waals surface area contributed by atoms with E-state index in [4.69, 9.17) is 4.12 Å². The minimum absolute atomic E-state index is 0.00926. The summed E-state index contributed by atoms with van der Waals surface area (Å²) in [5.74, 6) is -0.0194. The molecule has 0 aliphatic heterocycles. The third-order valence-corrected chi connectivity index (χ3v) is 12.7. The Hall–Kier alpha value is -1.24. The number of hydrogen-bond acceptors (Lipinski definition) is 4. The molecule has 0 spiro atoms. The number of likely N-dealkylation sites (N-methyl/N-ethyl adjacent to an activating group) is 1. The minimum Gasteiger partial charge on any atom is -0.455 e. The summed E-state index contributed by atoms with van der Waals surface area (Å²) in [7, 11) is 0.227. The molecule has 0 radical (unpaired) electrons. The van der Waals surface area contributed by atoms with Crippen molar-refractivity contribution in [3.8, 4) is 0 Å². The van der Waals surface area contributed by atoms with Crippen LogP contribution in [0.1, 0.15) is 39.5 Å². The van der Waals surface area contributed by atoms with Gasteiger partial charge in [-0.1, -0.05) is 13.3 Å². The Kier molecular flexibility index (Phi) is 14.2. The van der Waals surface area contributed by atoms with Crippen LogP contribution in [0, 0.1) is 0 Å². The van der Waals surface area contributed by atoms with E-state index in [2.05, 4.69) is 49.1 Å². The van der Waals surface area contributed by atoms with Crippen LogP contribution < -0.4 is 16.0 Å². The first-order chi connectivity index (χ1) is 14.7. The molecule has 0 saturated carbocycles. The summed E-state index contributed by atoms with van der Waals surface area (Å²) < 4.78 is 6.95. The quantitative estimate of drug-likeness (QED) is 0.166. The van der Waals surface area contributed by atoms with Gasteiger partial charge in [-0.2, -0.15) is 0 Å². The molecular formula is C22H49N4O4Si2+. The topological polar surface area (TPSA) is 96.5 Å². The second kappa shape index (κ2) is 14.8. The molecule has 0 fully saturated rings. The van der Waals surface area contributed by atoms with Gasteiger partial charge in [0.25, 0.3) is 11.8 Å². The van der Waals surface area contributed by atoms with Crippen LogP contribution in [0.15, 0.2) is 0 Å². The Bertz CT molecular complexity index is 598. The van der Waals surface area contributed by atoms with Crippen LogP contribution in [0.5, 0.6) is 0 Å². The summed E-state index contributed by atoms with van der Waals surface area (Å²) in [4.78, 5) is 35.4. The second-order valence-electron chi connectivity index (χ2n) is 10.6. The molecule has 0 rings (SSSR count). The zero-order chi connectivity index (χ0) is 24.8. The number of rotatable bonds is 17. The molecule has 188 valence electrons. The number of nitrogens with zero attached hydrogens (tertiary/aromatic N) is 1. The van der Waals surface area contributed by atoms with E-state index in [0.717, 1.165) is 37.8 Å². The van der Waals surface area contributed by atoms with Gasteiger partial charge in [-0.05, 0) is 57.5 Å². The second-order valence-corrected chi connectivity index (χ2v) is 19.5. The van der Waals surface area contributed by atoms with E-state index >= 15 is 0 Å². The number of hydrogen-bond donors (Lipinski definition) is 3. The third kappa shape index (κ3) is 17.3. The van der Waals surface area contributed by atoms with Crippen molar-refractivity contribution in [3.05, 3.63) is 0 Å². The van der Waals surface area contributed by atoms with Crippen molar-refractivity contribution in [2.45, 2.75) is 77.8 Å². The predicted molar refractivity (Wildman–Crippen MR) is 136 cm³/mol. The maximum Gasteiger partial charge on any atom is 0.275 e. The highest BCUT2D eigenvalue weighted by atomic mass is 28.4. The summed E-state index contributed by atoms with van der Waals surface area (Å²) >= 11 is 0. The van der Waals surface area contributed by atoms with Crippen molar-refractivity contribution in [3.63, 3.8) is 0 Å². The highest BCUT2D eigenvalue weighted by Gasteiger charge is 2.32. The summed E-state index contributed by atoms with van der Waals surface area (Å²) in [5.41, 5.74) is 0. The van der Waals surface area contributed by atoms with E-state index in [1.807, 2.05) is 14.1 Å². The first-order valence-corrected chi connectivity index (χ1v) is 18.2. The lowest BCUT2D eigenvalue weighted by atomic mass is 10.3. The number of nitrogens with one attached hydrogen (secondary N) is 3. The molecule has 0 aromatic rings. The third-order valence-electron chi connectivity index (χ3n) is 5.16. The monoisotopic (exact) mass is 489 g/mol. The first kappa shape index (κ1) is 30.8. The number of amides is 3. The molecule has 0 bridgehead atoms. The summed E-state index contributed by atoms with van der Waals surface area (Å²) in [6.45, 7) is 15.2. The Morgan fingerprint density at radius 1 is 0.750 bits per heavy atom. The van der Waals surface area contributed by atoms with Crippen molar-refractivity contribution in [1.82, 2.24) is 16.0 Å². The van der Waals surface area contributed by atoms with E-state index in [-0.39, 0.29) is 24.3 Å². The van der Waals surface area contributed by atoms with E-state index in [0.29, 0.717) is 30.7 Å². The molecule has 0 aliphatic rings. The molecule has 0 aromatic heterocycles. The highest BCUT2D eigenvalue weighted by Crippen LogP contribution is 2.23. The molecule has 32 heavy (non-hydrogen) atoms. The molecule has 0 aliphatic carbocycles. The lowest BCUT2D eigenvalue weighted by molar-refractivity contribution is -0.874. The Morgan fingerprint density at radius 2 is 1.16 bits per heavy atom. The van der Waals surface area contributed by atoms with Gasteiger partial charge in [-0.15, -0.1) is 0 Å². The zero-order valence-corrected chi connectivity index (χ0v) is 23.9. The molecule has 8 nitrogen and oxygen atoms in total. The number of carbonyl (C=O) groups excluding carboxylic acids is 3. The molecule has 10 heteroatoms. The zero-order valence-electron chi connectivity index (χ0n) is 21.9. The molecule has 0 unspecified atom stereocenters. The van der Waals surface area contributed by atoms with Gasteiger partial charge in [-0.25, -0.2) is 0 Å². The lowest BCUT2D eigenvalue weighted by Crippen LogP contribution is -2.52. The number of unbranched alkanes of at least 4 members (excludes halogenated alkanes) is 1. The van der Waals surface area contributed by atoms with Crippen LogP contribution >= 0.6 is 0 Å². The normalized spacial score (nSPS) is 12.4. The van der Waals surface area contributed by atoms with Crippen LogP contribution in [0.4, 0.5) is 0 Å². The molecule has 0 aromatic carbocycles. The largest absolute Gasteiger partial charge is 0.455 e. The van der Waals surface area contributed by atoms with Crippen LogP contribution in [0.3, 0.4) is 0 Å². The van der Waals surface area contributed by atoms with Crippen molar-refractivity contribution >= 4 is 34.4 Å². The Labute approximate surface area is 198 Å². The molecule has 3 amide bonds. The van der Waals surface area contributed by atoms with Gasteiger partial charge in [0.1, 0.15) is 0 Å². The average molecular weight is 490 g/mol. The van der Waals surface area contributed by atoms with Crippen LogP contribution in [0.2, 0.25) is 38.3 Å². The minimum atomic E-state index is -1.81. The Morgan fingerprint density at radius 3 is 1.56 bits per heavy atom. The van der Waals surface area contributed by atoms with Crippen molar-refractivity contribution in [2.24, 2.45) is 0 Å². The van der Waals surface area contributed by atoms with Gasteiger partial charge in [-0.3, -0.25) is 14.4 Å². The summed E-state index contributed by atoms with van der Waals surface area (Å²) in [6, 6.07) is 2.02. The van der Waals surface area contributed by atoms with Gasteiger partial charge in [0, 0.05) is 26.6 Å². The summed E-state index contributed by atoms with van der Waals surface area (Å²) in [6.07, 6.45) is 3.86. The van der Waals surface area contributed by atoms with Gasteiger partial charge >= 0.3 is 0 Å². The van der Waals surface area contributed by atoms with Crippen molar-refractivity contribution in [2.75, 3.05) is 46.8 Å². The fraction of sp³-hybridized carbons (Fsp3) is 0.864. The van der Waals surface area contributed by atoms with E-state index < -0.39 is 16.6 Å². The SMILES string of the molecule is CCCCNC(=O)C[N+](C)(C)CC(=O)NCCC[Si](C)(C)O[Si](C)(C)CCCNC(C)=O. The Balaban J connectivity index is 4.22. The van der Waals surface area contributed by atoms with Gasteiger partial charge in [0.2, 0.25) is 5.91 Å². The first-order valence-electron chi connectivity index (χ1n) is 12.0. The fourth-order valence-electron chi connectivity index (χ4n) is 3.72. The van der Waals surface area contributed by atoms with Gasteiger partial charge in [0.15, 0.2) is 29.7 Å². The molecule has 0 heterocycles. The number of quaternary nitrogens is 1. The molecular weight excluding hydrogens is 440 g/mol. The van der Waals surface area contributed by atoms with Crippen molar-refractivity contribution in [1.29, 1.82) is 0 Å². The molecule has 0 atom stereocenters. The highest BCUT2D eigenvalue weighted by molar-refractivity contribution is 6.84. The standard InChI is InChI=1S/C22H48N4O4Si2/c1-9-10-13-24-21(28)18-26(3,4)19-22(29)25-15-12-17-32(7,8)30-31(5,6)16-11-14-23-20(2)27/h9-19H2,1-8H3,(H2-,23,24,25,27,28,29)/p+1. The van der Waals surface area contributed by atoms with Gasteiger partial charge < -0.3 is 24.5 Å². The lowest BCUT2D eigenvalue weighted by Gasteiger charge is -2.34. The van der Waals surface area contributed by atoms with Gasteiger partial charge in [0.05, 0.1) is 14.1 Å². The van der Waals surface area contributed by atoms with E-state index in [1.54, 1.807) is 6.92 Å². The average Bonchev–Trinajstić information content (AvgIpc) is 2.60. The van der Waals surface area contributed by atoms with Crippen LogP contribution in [-0.4, -0.2) is 85.7 Å². The smallest absolute Gasteiger partial charge is 0.275 e. The number of carbonyl (C=O) groups is 3. The van der Waals surface area contributed by atoms with Crippen LogP contribution in [0.25, 0.3) is 0 Å². The van der Waals surface area contributed by atoms with Crippen molar-refractivity contribution < 1.29 is 23.0 Å². The van der Waals surface area contributed by atoms with E-state index in [9.17, 15) is 14.4 Å². The summed E-state index contributed by atoms with van der Waals surface area (Å²) in [5, 5.41) is 8.76. The van der Waals surface area contributed by atoms with Crippen LogP contribution in [-0.2, 0) is 18.5 Å². The van der Waals surface area contributed by atoms with E-state index in [1.165, 1.54) is 0 Å². The molecule has 0 saturated heterocycles. The predicted octanol–water partition coefficient (Wildman–Crippen LogP) is 2.44. The maximum absolute atomic E-state index is 12.3.